The fourth-order valence-electron chi connectivity index (χ4n) is 1.65. The van der Waals surface area contributed by atoms with Gasteiger partial charge in [0.05, 0.1) is 13.7 Å². The van der Waals surface area contributed by atoms with E-state index in [0.717, 1.165) is 30.8 Å². The molecule has 0 bridgehead atoms. The van der Waals surface area contributed by atoms with Crippen LogP contribution in [-0.2, 0) is 4.74 Å². The number of unbranched alkanes of at least 4 members (excludes halogenated alkanes) is 1. The van der Waals surface area contributed by atoms with E-state index in [1.165, 1.54) is 0 Å². The lowest BCUT2D eigenvalue weighted by Crippen LogP contribution is -2.09. The van der Waals surface area contributed by atoms with Crippen molar-refractivity contribution in [1.82, 2.24) is 0 Å². The van der Waals surface area contributed by atoms with Crippen molar-refractivity contribution in [3.05, 3.63) is 23.8 Å². The lowest BCUT2D eigenvalue weighted by molar-refractivity contribution is 0.0970. The minimum atomic E-state index is -0.0136. The molecule has 0 saturated heterocycles. The van der Waals surface area contributed by atoms with Crippen molar-refractivity contribution < 1.29 is 14.2 Å². The first-order valence-corrected chi connectivity index (χ1v) is 6.83. The van der Waals surface area contributed by atoms with Crippen LogP contribution in [0.2, 0.25) is 0 Å². The van der Waals surface area contributed by atoms with Crippen molar-refractivity contribution in [3.63, 3.8) is 0 Å². The molecule has 0 unspecified atom stereocenters. The molecule has 0 fully saturated rings. The smallest absolute Gasteiger partial charge is 0.161 e. The Kier molecular flexibility index (Phi) is 7.30. The number of nitrogens with two attached hydrogens (primary N) is 1. The fraction of sp³-hybridized carbons (Fsp3) is 0.600. The molecule has 1 rings (SSSR count). The molecule has 0 radical (unpaired) electrons. The Balaban J connectivity index is 2.44. The molecular weight excluding hydrogens is 242 g/mol. The first-order chi connectivity index (χ1) is 9.19. The van der Waals surface area contributed by atoms with Gasteiger partial charge in [-0.2, -0.15) is 0 Å². The zero-order valence-corrected chi connectivity index (χ0v) is 12.1. The fourth-order valence-corrected chi connectivity index (χ4v) is 1.65. The second-order valence-electron chi connectivity index (χ2n) is 4.51. The predicted octanol–water partition coefficient (Wildman–Crippen LogP) is 2.91. The molecular formula is C15H25NO3. The topological polar surface area (TPSA) is 53.7 Å². The van der Waals surface area contributed by atoms with Gasteiger partial charge in [-0.1, -0.05) is 19.4 Å². The highest BCUT2D eigenvalue weighted by Crippen LogP contribution is 2.29. The van der Waals surface area contributed by atoms with Crippen molar-refractivity contribution >= 4 is 0 Å². The number of methoxy groups -OCH3 is 1. The summed E-state index contributed by atoms with van der Waals surface area (Å²) in [5.41, 5.74) is 6.87. The van der Waals surface area contributed by atoms with E-state index in [1.807, 2.05) is 25.1 Å². The molecule has 1 aromatic carbocycles. The van der Waals surface area contributed by atoms with Gasteiger partial charge in [0.1, 0.15) is 6.61 Å². The molecule has 4 nitrogen and oxygen atoms in total. The molecule has 108 valence electrons. The minimum Gasteiger partial charge on any atom is -0.493 e. The molecule has 1 atom stereocenters. The summed E-state index contributed by atoms with van der Waals surface area (Å²) in [7, 11) is 1.63. The molecule has 0 aliphatic rings. The monoisotopic (exact) mass is 267 g/mol. The van der Waals surface area contributed by atoms with E-state index in [9.17, 15) is 0 Å². The van der Waals surface area contributed by atoms with Gasteiger partial charge in [0, 0.05) is 12.6 Å². The van der Waals surface area contributed by atoms with E-state index in [2.05, 4.69) is 6.92 Å². The lowest BCUT2D eigenvalue weighted by Gasteiger charge is -2.13. The molecule has 0 aliphatic heterocycles. The molecule has 0 heterocycles. The van der Waals surface area contributed by atoms with Gasteiger partial charge < -0.3 is 19.9 Å². The Morgan fingerprint density at radius 1 is 1.16 bits per heavy atom. The van der Waals surface area contributed by atoms with Crippen molar-refractivity contribution in [3.8, 4) is 11.5 Å². The van der Waals surface area contributed by atoms with Crippen LogP contribution < -0.4 is 15.2 Å². The van der Waals surface area contributed by atoms with Gasteiger partial charge in [-0.15, -0.1) is 0 Å². The summed E-state index contributed by atoms with van der Waals surface area (Å²) in [6, 6.07) is 5.75. The number of ether oxygens (including phenoxy) is 3. The second kappa shape index (κ2) is 8.77. The van der Waals surface area contributed by atoms with Crippen LogP contribution >= 0.6 is 0 Å². The highest BCUT2D eigenvalue weighted by atomic mass is 16.5. The van der Waals surface area contributed by atoms with Crippen molar-refractivity contribution in [2.24, 2.45) is 5.73 Å². The van der Waals surface area contributed by atoms with E-state index in [4.69, 9.17) is 19.9 Å². The molecule has 2 N–H and O–H groups in total. The van der Waals surface area contributed by atoms with E-state index in [0.29, 0.717) is 19.0 Å². The quantitative estimate of drug-likeness (QED) is 0.699. The molecule has 0 saturated carbocycles. The highest BCUT2D eigenvalue weighted by Gasteiger charge is 2.07. The van der Waals surface area contributed by atoms with E-state index >= 15 is 0 Å². The van der Waals surface area contributed by atoms with Gasteiger partial charge in [0.2, 0.25) is 0 Å². The number of benzene rings is 1. The highest BCUT2D eigenvalue weighted by molar-refractivity contribution is 5.43. The molecule has 4 heteroatoms. The van der Waals surface area contributed by atoms with Crippen molar-refractivity contribution in [1.29, 1.82) is 0 Å². The summed E-state index contributed by atoms with van der Waals surface area (Å²) in [6.45, 7) is 6.00. The number of rotatable bonds is 9. The van der Waals surface area contributed by atoms with Crippen LogP contribution in [0.15, 0.2) is 18.2 Å². The van der Waals surface area contributed by atoms with Gasteiger partial charge >= 0.3 is 0 Å². The third-order valence-electron chi connectivity index (χ3n) is 2.84. The van der Waals surface area contributed by atoms with Crippen LogP contribution in [-0.4, -0.2) is 26.9 Å². The largest absolute Gasteiger partial charge is 0.493 e. The Hall–Kier alpha value is -1.26. The van der Waals surface area contributed by atoms with Crippen LogP contribution in [0.5, 0.6) is 11.5 Å². The maximum absolute atomic E-state index is 5.84. The summed E-state index contributed by atoms with van der Waals surface area (Å²) in [6.07, 6.45) is 2.24. The van der Waals surface area contributed by atoms with Crippen LogP contribution in [0.1, 0.15) is 38.3 Å². The van der Waals surface area contributed by atoms with Gasteiger partial charge in [-0.25, -0.2) is 0 Å². The Morgan fingerprint density at radius 3 is 2.58 bits per heavy atom. The summed E-state index contributed by atoms with van der Waals surface area (Å²) in [5.74, 6) is 1.44. The van der Waals surface area contributed by atoms with E-state index in [1.54, 1.807) is 7.11 Å². The zero-order valence-electron chi connectivity index (χ0n) is 12.1. The minimum absolute atomic E-state index is 0.0136. The maximum Gasteiger partial charge on any atom is 0.161 e. The van der Waals surface area contributed by atoms with E-state index < -0.39 is 0 Å². The molecule has 0 spiro atoms. The second-order valence-corrected chi connectivity index (χ2v) is 4.51. The zero-order chi connectivity index (χ0) is 14.1. The normalized spacial score (nSPS) is 12.2. The first kappa shape index (κ1) is 15.8. The Bertz CT molecular complexity index is 366. The molecule has 19 heavy (non-hydrogen) atoms. The third-order valence-corrected chi connectivity index (χ3v) is 2.84. The third kappa shape index (κ3) is 5.49. The maximum atomic E-state index is 5.84. The molecule has 1 aromatic rings. The summed E-state index contributed by atoms with van der Waals surface area (Å²) >= 11 is 0. The summed E-state index contributed by atoms with van der Waals surface area (Å²) in [5, 5.41) is 0. The standard InChI is InChI=1S/C15H25NO3/c1-4-5-8-18-9-10-19-14-7-6-13(12(2)16)11-15(14)17-3/h6-7,11-12H,4-5,8-10,16H2,1-3H3/t12-/m1/s1. The Labute approximate surface area is 115 Å². The molecule has 0 aromatic heterocycles. The first-order valence-electron chi connectivity index (χ1n) is 6.83. The predicted molar refractivity (Wildman–Crippen MR) is 76.8 cm³/mol. The van der Waals surface area contributed by atoms with Crippen LogP contribution in [0.3, 0.4) is 0 Å². The van der Waals surface area contributed by atoms with Crippen LogP contribution in [0, 0.1) is 0 Å². The van der Waals surface area contributed by atoms with Crippen molar-refractivity contribution in [2.45, 2.75) is 32.7 Å². The average molecular weight is 267 g/mol. The molecule has 0 amide bonds. The van der Waals surface area contributed by atoms with Gasteiger partial charge in [-0.3, -0.25) is 0 Å². The molecule has 0 aliphatic carbocycles. The Morgan fingerprint density at radius 2 is 1.95 bits per heavy atom. The van der Waals surface area contributed by atoms with Crippen LogP contribution in [0.25, 0.3) is 0 Å². The van der Waals surface area contributed by atoms with Gasteiger partial charge in [0.25, 0.3) is 0 Å². The van der Waals surface area contributed by atoms with E-state index in [-0.39, 0.29) is 6.04 Å². The summed E-state index contributed by atoms with van der Waals surface area (Å²) < 4.78 is 16.4. The SMILES string of the molecule is CCCCOCCOc1ccc([C@@H](C)N)cc1OC. The van der Waals surface area contributed by atoms with Gasteiger partial charge in [0.15, 0.2) is 11.5 Å². The lowest BCUT2D eigenvalue weighted by atomic mass is 10.1. The average Bonchev–Trinajstić information content (AvgIpc) is 2.42. The number of hydrogen-bond donors (Lipinski definition) is 1. The van der Waals surface area contributed by atoms with Crippen LogP contribution in [0.4, 0.5) is 0 Å². The van der Waals surface area contributed by atoms with Gasteiger partial charge in [-0.05, 0) is 31.0 Å². The number of hydrogen-bond acceptors (Lipinski definition) is 4. The van der Waals surface area contributed by atoms with Crippen molar-refractivity contribution in [2.75, 3.05) is 26.9 Å². The summed E-state index contributed by atoms with van der Waals surface area (Å²) in [4.78, 5) is 0.